The lowest BCUT2D eigenvalue weighted by molar-refractivity contribution is -0.207. The lowest BCUT2D eigenvalue weighted by atomic mass is 9.43. The van der Waals surface area contributed by atoms with Gasteiger partial charge in [-0.25, -0.2) is 0 Å². The number of carbonyl (C=O) groups is 1. The number of hydrogen-bond donors (Lipinski definition) is 3. The Morgan fingerprint density at radius 2 is 1.74 bits per heavy atom. The molecule has 4 fully saturated rings. The van der Waals surface area contributed by atoms with Crippen molar-refractivity contribution in [2.45, 2.75) is 129 Å². The minimum atomic E-state index is -0.416. The smallest absolute Gasteiger partial charge is 0.306 e. The summed E-state index contributed by atoms with van der Waals surface area (Å²) in [5.41, 5.74) is -0.106. The second-order valence-electron chi connectivity index (χ2n) is 13.8. The first-order chi connectivity index (χ1) is 16.4. The van der Waals surface area contributed by atoms with Gasteiger partial charge in [-0.15, -0.1) is 0 Å². The largest absolute Gasteiger partial charge is 0.463 e. The Morgan fingerprint density at radius 3 is 2.43 bits per heavy atom. The zero-order valence-corrected chi connectivity index (χ0v) is 24.0. The van der Waals surface area contributed by atoms with Gasteiger partial charge < -0.3 is 20.1 Å². The van der Waals surface area contributed by atoms with E-state index in [1.807, 2.05) is 6.92 Å². The summed E-state index contributed by atoms with van der Waals surface area (Å²) in [5, 5.41) is 33.4. The Labute approximate surface area is 215 Å². The summed E-state index contributed by atoms with van der Waals surface area (Å²) in [4.78, 5) is 12.5. The van der Waals surface area contributed by atoms with Crippen LogP contribution in [-0.4, -0.2) is 54.5 Å². The van der Waals surface area contributed by atoms with E-state index in [1.165, 1.54) is 0 Å². The molecule has 0 aliphatic heterocycles. The molecule has 0 bridgehead atoms. The van der Waals surface area contributed by atoms with Gasteiger partial charge in [0.1, 0.15) is 0 Å². The predicted octanol–water partition coefficient (Wildman–Crippen LogP) is 5.05. The van der Waals surface area contributed by atoms with E-state index in [0.717, 1.165) is 57.4 Å². The third-order valence-electron chi connectivity index (χ3n) is 11.4. The maximum Gasteiger partial charge on any atom is 0.306 e. The number of aliphatic hydroxyl groups excluding tert-OH is 3. The second kappa shape index (κ2) is 10.4. The number of carbonyl (C=O) groups excluding carboxylic acids is 1. The van der Waals surface area contributed by atoms with Gasteiger partial charge in [0.15, 0.2) is 0 Å². The third kappa shape index (κ3) is 5.03. The molecule has 0 saturated heterocycles. The van der Waals surface area contributed by atoms with Gasteiger partial charge in [-0.3, -0.25) is 4.79 Å². The van der Waals surface area contributed by atoms with E-state index in [4.69, 9.17) is 4.74 Å². The molecule has 6 heteroatoms. The summed E-state index contributed by atoms with van der Waals surface area (Å²) in [7, 11) is -0.416. The van der Waals surface area contributed by atoms with Crippen LogP contribution in [0.2, 0.25) is 19.1 Å². The fourth-order valence-electron chi connectivity index (χ4n) is 9.58. The van der Waals surface area contributed by atoms with Crippen LogP contribution in [0.4, 0.5) is 0 Å². The van der Waals surface area contributed by atoms with Crippen LogP contribution in [0.5, 0.6) is 0 Å². The summed E-state index contributed by atoms with van der Waals surface area (Å²) in [6.07, 6.45) is 6.62. The minimum Gasteiger partial charge on any atom is -0.463 e. The number of esters is 1. The molecule has 201 valence electrons. The van der Waals surface area contributed by atoms with Crippen molar-refractivity contribution < 1.29 is 24.9 Å². The molecule has 0 spiro atoms. The molecule has 12 unspecified atom stereocenters. The van der Waals surface area contributed by atoms with Crippen LogP contribution in [0.15, 0.2) is 0 Å². The molecule has 12 atom stereocenters. The van der Waals surface area contributed by atoms with Crippen molar-refractivity contribution in [1.82, 2.24) is 0 Å². The van der Waals surface area contributed by atoms with Gasteiger partial charge in [0.05, 0.1) is 24.4 Å². The first-order valence-corrected chi connectivity index (χ1v) is 17.1. The maximum atomic E-state index is 12.5. The summed E-state index contributed by atoms with van der Waals surface area (Å²) in [5.74, 6) is 1.85. The van der Waals surface area contributed by atoms with Crippen molar-refractivity contribution in [2.24, 2.45) is 46.3 Å². The van der Waals surface area contributed by atoms with Crippen molar-refractivity contribution in [3.63, 3.8) is 0 Å². The molecule has 0 aromatic rings. The quantitative estimate of drug-likeness (QED) is 0.332. The van der Waals surface area contributed by atoms with E-state index < -0.39 is 8.80 Å². The van der Waals surface area contributed by atoms with Crippen LogP contribution >= 0.6 is 0 Å². The van der Waals surface area contributed by atoms with Gasteiger partial charge in [-0.2, -0.15) is 0 Å². The van der Waals surface area contributed by atoms with Crippen LogP contribution in [0.3, 0.4) is 0 Å². The first-order valence-electron chi connectivity index (χ1n) is 14.4. The topological polar surface area (TPSA) is 87.0 Å². The fraction of sp³-hybridized carbons (Fsp3) is 0.966. The average Bonchev–Trinajstić information content (AvgIpc) is 3.12. The van der Waals surface area contributed by atoms with Crippen molar-refractivity contribution >= 4 is 14.8 Å². The fourth-order valence-corrected chi connectivity index (χ4v) is 10.8. The van der Waals surface area contributed by atoms with Crippen molar-refractivity contribution in [3.05, 3.63) is 0 Å². The Hall–Kier alpha value is -0.433. The highest BCUT2D eigenvalue weighted by atomic mass is 28.3. The Bertz CT molecular complexity index is 759. The number of hydrogen-bond acceptors (Lipinski definition) is 5. The molecule has 4 aliphatic rings. The molecular weight excluding hydrogens is 456 g/mol. The van der Waals surface area contributed by atoms with Gasteiger partial charge in [0.25, 0.3) is 0 Å². The van der Waals surface area contributed by atoms with Gasteiger partial charge >= 0.3 is 5.97 Å². The van der Waals surface area contributed by atoms with Gasteiger partial charge in [-0.05, 0) is 111 Å². The molecule has 35 heavy (non-hydrogen) atoms. The molecule has 0 heterocycles. The Balaban J connectivity index is 1.44. The molecule has 1 radical (unpaired) electrons. The molecule has 4 rings (SSSR count). The second-order valence-corrected chi connectivity index (χ2v) is 16.6. The summed E-state index contributed by atoms with van der Waals surface area (Å²) >= 11 is 0. The van der Waals surface area contributed by atoms with Crippen LogP contribution in [0, 0.1) is 46.3 Å². The Morgan fingerprint density at radius 1 is 1.03 bits per heavy atom. The number of rotatable bonds is 7. The lowest BCUT2D eigenvalue weighted by Crippen LogP contribution is -2.62. The highest BCUT2D eigenvalue weighted by Gasteiger charge is 2.65. The van der Waals surface area contributed by atoms with Crippen molar-refractivity contribution in [3.8, 4) is 0 Å². The Kier molecular flexibility index (Phi) is 8.18. The minimum absolute atomic E-state index is 0.00560. The number of aliphatic hydroxyl groups is 3. The molecule has 0 aromatic carbocycles. The number of fused-ring (bicyclic) bond motifs is 5. The summed E-state index contributed by atoms with van der Waals surface area (Å²) in [6.45, 7) is 13.4. The SMILES string of the molecule is CC(C[Si](C)C)OC(=O)CCC(C)C1CCC2C3C(O)CC4CC(O)CCC4(C)C3CC(O)C12C. The molecule has 3 N–H and O–H groups in total. The van der Waals surface area contributed by atoms with Crippen molar-refractivity contribution in [2.75, 3.05) is 0 Å². The van der Waals surface area contributed by atoms with E-state index in [2.05, 4.69) is 33.9 Å². The van der Waals surface area contributed by atoms with Crippen LogP contribution in [-0.2, 0) is 9.53 Å². The molecule has 4 aliphatic carbocycles. The highest BCUT2D eigenvalue weighted by molar-refractivity contribution is 6.55. The van der Waals surface area contributed by atoms with Crippen LogP contribution < -0.4 is 0 Å². The lowest BCUT2D eigenvalue weighted by Gasteiger charge is -2.63. The predicted molar refractivity (Wildman–Crippen MR) is 140 cm³/mol. The molecule has 4 saturated carbocycles. The van der Waals surface area contributed by atoms with Gasteiger partial charge in [0.2, 0.25) is 0 Å². The van der Waals surface area contributed by atoms with E-state index in [-0.39, 0.29) is 47.1 Å². The number of ether oxygens (including phenoxy) is 1. The maximum absolute atomic E-state index is 12.5. The zero-order valence-electron chi connectivity index (χ0n) is 23.0. The molecule has 5 nitrogen and oxygen atoms in total. The molecular formula is C29H51O5Si. The van der Waals surface area contributed by atoms with E-state index in [9.17, 15) is 20.1 Å². The summed E-state index contributed by atoms with van der Waals surface area (Å²) in [6, 6.07) is 0.990. The van der Waals surface area contributed by atoms with E-state index in [0.29, 0.717) is 36.0 Å². The zero-order chi connectivity index (χ0) is 25.7. The summed E-state index contributed by atoms with van der Waals surface area (Å²) < 4.78 is 5.67. The highest BCUT2D eigenvalue weighted by Crippen LogP contribution is 2.68. The average molecular weight is 508 g/mol. The molecule has 0 amide bonds. The van der Waals surface area contributed by atoms with E-state index >= 15 is 0 Å². The monoisotopic (exact) mass is 507 g/mol. The molecule has 0 aromatic heterocycles. The van der Waals surface area contributed by atoms with Crippen molar-refractivity contribution in [1.29, 1.82) is 0 Å². The van der Waals surface area contributed by atoms with E-state index in [1.54, 1.807) is 0 Å². The van der Waals surface area contributed by atoms with Crippen LogP contribution in [0.25, 0.3) is 0 Å². The first kappa shape index (κ1) is 27.6. The van der Waals surface area contributed by atoms with Gasteiger partial charge in [-0.1, -0.05) is 33.9 Å². The van der Waals surface area contributed by atoms with Crippen LogP contribution in [0.1, 0.15) is 85.5 Å². The normalized spacial score (nSPS) is 46.9. The van der Waals surface area contributed by atoms with Gasteiger partial charge in [0, 0.05) is 15.2 Å². The standard InChI is InChI=1S/C29H51O5Si/c1-17(7-10-26(33)34-18(2)16-35(5)6)21-8-9-22-27-23(15-25(32)29(21,22)4)28(3)12-11-20(30)13-19(28)14-24(27)31/h17-25,27,30-32H,7-16H2,1-6H3. The third-order valence-corrected chi connectivity index (χ3v) is 12.7.